The number of nitrogens with zero attached hydrogens (tertiary/aromatic N) is 3. The van der Waals surface area contributed by atoms with Crippen molar-refractivity contribution in [2.75, 3.05) is 11.9 Å². The molecular weight excluding hydrogens is 260 g/mol. The van der Waals surface area contributed by atoms with Gasteiger partial charge < -0.3 is 5.32 Å². The van der Waals surface area contributed by atoms with Crippen LogP contribution >= 0.6 is 0 Å². The molecule has 0 aliphatic heterocycles. The zero-order chi connectivity index (χ0) is 14.8. The number of pyridine rings is 1. The minimum Gasteiger partial charge on any atom is -0.384 e. The Morgan fingerprint density at radius 1 is 1.10 bits per heavy atom. The second kappa shape index (κ2) is 5.56. The third-order valence-electron chi connectivity index (χ3n) is 3.74. The van der Waals surface area contributed by atoms with E-state index in [0.717, 1.165) is 35.4 Å². The highest BCUT2D eigenvalue weighted by Gasteiger charge is 2.07. The molecule has 0 amide bonds. The van der Waals surface area contributed by atoms with E-state index in [0.29, 0.717) is 0 Å². The molecule has 1 aromatic carbocycles. The van der Waals surface area contributed by atoms with Crippen molar-refractivity contribution in [3.8, 4) is 5.69 Å². The van der Waals surface area contributed by atoms with E-state index in [2.05, 4.69) is 58.8 Å². The molecule has 3 rings (SSSR count). The number of imidazole rings is 1. The number of hydrogen-bond acceptors (Lipinski definition) is 3. The molecule has 1 N–H and O–H groups in total. The zero-order valence-corrected chi connectivity index (χ0v) is 12.7. The first-order valence-electron chi connectivity index (χ1n) is 7.32. The molecule has 0 spiro atoms. The molecule has 3 aromatic rings. The molecule has 0 saturated carbocycles. The van der Waals surface area contributed by atoms with Gasteiger partial charge in [0.2, 0.25) is 0 Å². The molecule has 0 saturated heterocycles. The second-order valence-corrected chi connectivity index (χ2v) is 5.40. The standard InChI is InChI=1S/C17H20N4/c1-4-5-19-14-8-15(10-18-9-14)21-11-20-16-6-12(2)13(3)7-17(16)21/h6-11,19H,4-5H2,1-3H3. The van der Waals surface area contributed by atoms with Crippen LogP contribution in [0, 0.1) is 13.8 Å². The lowest BCUT2D eigenvalue weighted by atomic mass is 10.1. The highest BCUT2D eigenvalue weighted by atomic mass is 15.1. The van der Waals surface area contributed by atoms with Crippen molar-refractivity contribution < 1.29 is 0 Å². The summed E-state index contributed by atoms with van der Waals surface area (Å²) in [5.41, 5.74) is 6.75. The normalized spacial score (nSPS) is 11.0. The highest BCUT2D eigenvalue weighted by Crippen LogP contribution is 2.22. The summed E-state index contributed by atoms with van der Waals surface area (Å²) in [5, 5.41) is 3.37. The minimum atomic E-state index is 0.952. The Morgan fingerprint density at radius 3 is 2.71 bits per heavy atom. The van der Waals surface area contributed by atoms with Gasteiger partial charge in [-0.2, -0.15) is 0 Å². The number of aromatic nitrogens is 3. The molecule has 4 nitrogen and oxygen atoms in total. The van der Waals surface area contributed by atoms with Crippen LogP contribution in [-0.2, 0) is 0 Å². The van der Waals surface area contributed by atoms with Crippen molar-refractivity contribution in [3.05, 3.63) is 48.0 Å². The number of anilines is 1. The smallest absolute Gasteiger partial charge is 0.100 e. The zero-order valence-electron chi connectivity index (χ0n) is 12.7. The number of aryl methyl sites for hydroxylation is 2. The van der Waals surface area contributed by atoms with Gasteiger partial charge in [0.15, 0.2) is 0 Å². The summed E-state index contributed by atoms with van der Waals surface area (Å²) in [5.74, 6) is 0. The molecule has 108 valence electrons. The molecule has 0 aliphatic rings. The summed E-state index contributed by atoms with van der Waals surface area (Å²) in [4.78, 5) is 8.83. The summed E-state index contributed by atoms with van der Waals surface area (Å²) in [6.45, 7) is 7.35. The van der Waals surface area contributed by atoms with Gasteiger partial charge in [-0.05, 0) is 49.6 Å². The Morgan fingerprint density at radius 2 is 1.90 bits per heavy atom. The molecule has 0 bridgehead atoms. The van der Waals surface area contributed by atoms with Crippen molar-refractivity contribution >= 4 is 16.7 Å². The Balaban J connectivity index is 2.06. The topological polar surface area (TPSA) is 42.7 Å². The number of hydrogen-bond donors (Lipinski definition) is 1. The summed E-state index contributed by atoms with van der Waals surface area (Å²) in [7, 11) is 0. The molecule has 0 aliphatic carbocycles. The van der Waals surface area contributed by atoms with Crippen molar-refractivity contribution in [2.24, 2.45) is 0 Å². The number of nitrogens with one attached hydrogen (secondary N) is 1. The molecule has 0 radical (unpaired) electrons. The number of fused-ring (bicyclic) bond motifs is 1. The molecule has 0 atom stereocenters. The van der Waals surface area contributed by atoms with Crippen LogP contribution in [0.3, 0.4) is 0 Å². The largest absolute Gasteiger partial charge is 0.384 e. The average molecular weight is 280 g/mol. The van der Waals surface area contributed by atoms with E-state index in [1.54, 1.807) is 0 Å². The maximum absolute atomic E-state index is 4.50. The van der Waals surface area contributed by atoms with Gasteiger partial charge in [0, 0.05) is 6.54 Å². The molecule has 0 unspecified atom stereocenters. The molecule has 0 fully saturated rings. The van der Waals surface area contributed by atoms with Crippen LogP contribution in [-0.4, -0.2) is 21.1 Å². The molecule has 2 aromatic heterocycles. The third kappa shape index (κ3) is 2.61. The lowest BCUT2D eigenvalue weighted by Gasteiger charge is -2.09. The SMILES string of the molecule is CCCNc1cncc(-n2cnc3cc(C)c(C)cc32)c1. The quantitative estimate of drug-likeness (QED) is 0.789. The van der Waals surface area contributed by atoms with Crippen molar-refractivity contribution in [1.29, 1.82) is 0 Å². The van der Waals surface area contributed by atoms with Crippen LogP contribution in [0.25, 0.3) is 16.7 Å². The second-order valence-electron chi connectivity index (χ2n) is 5.40. The maximum Gasteiger partial charge on any atom is 0.100 e. The van der Waals surface area contributed by atoms with Gasteiger partial charge in [-0.15, -0.1) is 0 Å². The predicted octanol–water partition coefficient (Wildman–Crippen LogP) is 3.86. The van der Waals surface area contributed by atoms with Gasteiger partial charge in [0.1, 0.15) is 6.33 Å². The van der Waals surface area contributed by atoms with Gasteiger partial charge in [0.25, 0.3) is 0 Å². The summed E-state index contributed by atoms with van der Waals surface area (Å²) < 4.78 is 2.09. The fourth-order valence-electron chi connectivity index (χ4n) is 2.40. The third-order valence-corrected chi connectivity index (χ3v) is 3.74. The van der Waals surface area contributed by atoms with Gasteiger partial charge >= 0.3 is 0 Å². The van der Waals surface area contributed by atoms with E-state index < -0.39 is 0 Å². The Hall–Kier alpha value is -2.36. The lowest BCUT2D eigenvalue weighted by Crippen LogP contribution is -2.01. The monoisotopic (exact) mass is 280 g/mol. The van der Waals surface area contributed by atoms with E-state index in [-0.39, 0.29) is 0 Å². The maximum atomic E-state index is 4.50. The van der Waals surface area contributed by atoms with Crippen molar-refractivity contribution in [2.45, 2.75) is 27.2 Å². The minimum absolute atomic E-state index is 0.952. The lowest BCUT2D eigenvalue weighted by molar-refractivity contribution is 0.974. The summed E-state index contributed by atoms with van der Waals surface area (Å²) >= 11 is 0. The van der Waals surface area contributed by atoms with Crippen LogP contribution in [0.2, 0.25) is 0 Å². The Kier molecular flexibility index (Phi) is 3.60. The van der Waals surface area contributed by atoms with E-state index in [4.69, 9.17) is 0 Å². The van der Waals surface area contributed by atoms with Gasteiger partial charge in [-0.3, -0.25) is 9.55 Å². The summed E-state index contributed by atoms with van der Waals surface area (Å²) in [6, 6.07) is 6.43. The number of benzene rings is 1. The molecule has 4 heteroatoms. The first-order chi connectivity index (χ1) is 10.2. The number of rotatable bonds is 4. The van der Waals surface area contributed by atoms with Crippen LogP contribution in [0.4, 0.5) is 5.69 Å². The fraction of sp³-hybridized carbons (Fsp3) is 0.294. The van der Waals surface area contributed by atoms with E-state index >= 15 is 0 Å². The van der Waals surface area contributed by atoms with Gasteiger partial charge in [-0.25, -0.2) is 4.98 Å². The molecule has 2 heterocycles. The molecule has 21 heavy (non-hydrogen) atoms. The van der Waals surface area contributed by atoms with Crippen LogP contribution in [0.15, 0.2) is 36.9 Å². The van der Waals surface area contributed by atoms with E-state index in [9.17, 15) is 0 Å². The first-order valence-corrected chi connectivity index (χ1v) is 7.32. The van der Waals surface area contributed by atoms with Crippen molar-refractivity contribution in [3.63, 3.8) is 0 Å². The van der Waals surface area contributed by atoms with Crippen molar-refractivity contribution in [1.82, 2.24) is 14.5 Å². The van der Waals surface area contributed by atoms with Crippen LogP contribution in [0.5, 0.6) is 0 Å². The van der Waals surface area contributed by atoms with Gasteiger partial charge in [-0.1, -0.05) is 6.92 Å². The van der Waals surface area contributed by atoms with E-state index in [1.165, 1.54) is 11.1 Å². The Bertz CT molecular complexity index is 774. The predicted molar refractivity (Wildman–Crippen MR) is 87.1 cm³/mol. The highest BCUT2D eigenvalue weighted by molar-refractivity contribution is 5.79. The Labute approximate surface area is 124 Å². The van der Waals surface area contributed by atoms with Crippen LogP contribution in [0.1, 0.15) is 24.5 Å². The molecular formula is C17H20N4. The fourth-order valence-corrected chi connectivity index (χ4v) is 2.40. The average Bonchev–Trinajstić information content (AvgIpc) is 2.89. The van der Waals surface area contributed by atoms with Gasteiger partial charge in [0.05, 0.1) is 34.8 Å². The van der Waals surface area contributed by atoms with Crippen LogP contribution < -0.4 is 5.32 Å². The summed E-state index contributed by atoms with van der Waals surface area (Å²) in [6.07, 6.45) is 6.68. The van der Waals surface area contributed by atoms with E-state index in [1.807, 2.05) is 18.7 Å². The first kappa shape index (κ1) is 13.6.